The van der Waals surface area contributed by atoms with Crippen LogP contribution in [0.1, 0.15) is 19.4 Å². The summed E-state index contributed by atoms with van der Waals surface area (Å²) in [5.74, 6) is -0.505. The molecule has 0 heterocycles. The summed E-state index contributed by atoms with van der Waals surface area (Å²) in [6, 6.07) is 4.79. The Kier molecular flexibility index (Phi) is 7.76. The molecule has 1 aromatic carbocycles. The molecule has 0 aromatic heterocycles. The van der Waals surface area contributed by atoms with Crippen molar-refractivity contribution in [1.82, 2.24) is 4.90 Å². The number of carbonyl (C=O) groups excluding carboxylic acids is 1. The number of benzene rings is 1. The third kappa shape index (κ3) is 6.07. The molecule has 0 aliphatic rings. The molecule has 0 spiro atoms. The lowest BCUT2D eigenvalue weighted by Gasteiger charge is -2.18. The third-order valence-electron chi connectivity index (χ3n) is 3.47. The Morgan fingerprint density at radius 1 is 1.39 bits per heavy atom. The molecule has 0 radical (unpaired) electrons. The third-order valence-corrected chi connectivity index (χ3v) is 3.47. The first-order valence-corrected chi connectivity index (χ1v) is 7.52. The van der Waals surface area contributed by atoms with Crippen LogP contribution in [0.5, 0.6) is 0 Å². The average molecular weight is 321 g/mol. The van der Waals surface area contributed by atoms with Crippen molar-refractivity contribution in [2.45, 2.75) is 13.8 Å². The van der Waals surface area contributed by atoms with Gasteiger partial charge in [0.2, 0.25) is 0 Å². The van der Waals surface area contributed by atoms with Gasteiger partial charge in [0, 0.05) is 25.2 Å². The number of hydrogen-bond donors (Lipinski definition) is 1. The smallest absolute Gasteiger partial charge is 0.330 e. The Labute approximate surface area is 136 Å². The quantitative estimate of drug-likeness (QED) is 0.326. The molecule has 0 amide bonds. The van der Waals surface area contributed by atoms with Crippen molar-refractivity contribution in [2.75, 3.05) is 38.6 Å². The summed E-state index contributed by atoms with van der Waals surface area (Å²) >= 11 is 0. The van der Waals surface area contributed by atoms with Crippen LogP contribution in [-0.2, 0) is 9.53 Å². The molecular weight excluding hydrogens is 298 g/mol. The number of rotatable bonds is 9. The van der Waals surface area contributed by atoms with Crippen LogP contribution in [-0.4, -0.2) is 49.1 Å². The van der Waals surface area contributed by atoms with E-state index in [1.54, 1.807) is 12.1 Å². The highest BCUT2D eigenvalue weighted by Crippen LogP contribution is 2.26. The van der Waals surface area contributed by atoms with E-state index in [1.807, 2.05) is 0 Å². The molecule has 0 atom stereocenters. The van der Waals surface area contributed by atoms with E-state index in [0.29, 0.717) is 17.8 Å². The van der Waals surface area contributed by atoms with Crippen molar-refractivity contribution in [3.05, 3.63) is 40.0 Å². The molecule has 0 unspecified atom stereocenters. The van der Waals surface area contributed by atoms with Gasteiger partial charge in [0.15, 0.2) is 0 Å². The maximum absolute atomic E-state index is 11.2. The van der Waals surface area contributed by atoms with Gasteiger partial charge in [-0.05, 0) is 30.8 Å². The Bertz CT molecular complexity index is 568. The summed E-state index contributed by atoms with van der Waals surface area (Å²) in [4.78, 5) is 24.1. The summed E-state index contributed by atoms with van der Waals surface area (Å²) < 4.78 is 4.49. The number of carbonyl (C=O) groups is 1. The predicted molar refractivity (Wildman–Crippen MR) is 90.4 cm³/mol. The number of nitro groups is 1. The molecule has 0 saturated carbocycles. The predicted octanol–water partition coefficient (Wildman–Crippen LogP) is 2.53. The van der Waals surface area contributed by atoms with Gasteiger partial charge < -0.3 is 15.0 Å². The Hall–Kier alpha value is -2.41. The number of methoxy groups -OCH3 is 1. The van der Waals surface area contributed by atoms with Crippen molar-refractivity contribution in [3.63, 3.8) is 0 Å². The van der Waals surface area contributed by atoms with E-state index in [1.165, 1.54) is 25.3 Å². The highest BCUT2D eigenvalue weighted by Gasteiger charge is 2.14. The molecule has 1 rings (SSSR count). The minimum Gasteiger partial charge on any atom is -0.466 e. The minimum absolute atomic E-state index is 0.0171. The van der Waals surface area contributed by atoms with Crippen molar-refractivity contribution >= 4 is 23.4 Å². The molecule has 0 fully saturated rings. The van der Waals surface area contributed by atoms with Gasteiger partial charge in [0.05, 0.1) is 12.0 Å². The van der Waals surface area contributed by atoms with Gasteiger partial charge in [-0.1, -0.05) is 19.9 Å². The van der Waals surface area contributed by atoms with Crippen LogP contribution in [0.15, 0.2) is 24.3 Å². The summed E-state index contributed by atoms with van der Waals surface area (Å²) in [6.45, 7) is 7.48. The van der Waals surface area contributed by atoms with Crippen molar-refractivity contribution < 1.29 is 14.5 Å². The zero-order valence-corrected chi connectivity index (χ0v) is 13.7. The molecule has 7 nitrogen and oxygen atoms in total. The van der Waals surface area contributed by atoms with E-state index in [2.05, 4.69) is 28.8 Å². The second-order valence-corrected chi connectivity index (χ2v) is 4.84. The lowest BCUT2D eigenvalue weighted by Crippen LogP contribution is -2.28. The number of nitrogens with one attached hydrogen (secondary N) is 1. The second-order valence-electron chi connectivity index (χ2n) is 4.84. The van der Waals surface area contributed by atoms with Crippen LogP contribution >= 0.6 is 0 Å². The monoisotopic (exact) mass is 321 g/mol. The largest absolute Gasteiger partial charge is 0.466 e. The zero-order valence-electron chi connectivity index (χ0n) is 13.7. The highest BCUT2D eigenvalue weighted by molar-refractivity contribution is 5.87. The first kappa shape index (κ1) is 18.6. The Morgan fingerprint density at radius 3 is 2.65 bits per heavy atom. The van der Waals surface area contributed by atoms with E-state index < -0.39 is 10.9 Å². The number of nitrogens with zero attached hydrogens (tertiary/aromatic N) is 2. The van der Waals surface area contributed by atoms with Crippen molar-refractivity contribution in [1.29, 1.82) is 0 Å². The molecule has 0 saturated heterocycles. The molecular formula is C16H23N3O4. The van der Waals surface area contributed by atoms with Crippen LogP contribution in [0.25, 0.3) is 6.08 Å². The molecule has 23 heavy (non-hydrogen) atoms. The number of esters is 1. The van der Waals surface area contributed by atoms with Crippen LogP contribution in [0.4, 0.5) is 11.4 Å². The molecule has 0 bridgehead atoms. The average Bonchev–Trinajstić information content (AvgIpc) is 2.56. The SMILES string of the molecule is CCN(CC)CCNc1ccc(C=CC(=O)OC)cc1[N+](=O)[O-]. The molecule has 126 valence electrons. The van der Waals surface area contributed by atoms with Gasteiger partial charge in [-0.2, -0.15) is 0 Å². The molecule has 7 heteroatoms. The topological polar surface area (TPSA) is 84.7 Å². The first-order valence-electron chi connectivity index (χ1n) is 7.52. The van der Waals surface area contributed by atoms with Crippen LogP contribution in [0.3, 0.4) is 0 Å². The summed E-state index contributed by atoms with van der Waals surface area (Å²) in [5, 5.41) is 14.3. The van der Waals surface area contributed by atoms with Crippen LogP contribution in [0.2, 0.25) is 0 Å². The standard InChI is InChI=1S/C16H23N3O4/c1-4-18(5-2)11-10-17-14-8-6-13(7-9-16(20)23-3)12-15(14)19(21)22/h6-9,12,17H,4-5,10-11H2,1-3H3. The van der Waals surface area contributed by atoms with Crippen LogP contribution in [0, 0.1) is 10.1 Å². The molecule has 1 aromatic rings. The maximum Gasteiger partial charge on any atom is 0.330 e. The maximum atomic E-state index is 11.2. The number of nitro benzene ring substituents is 1. The second kappa shape index (κ2) is 9.58. The van der Waals surface area contributed by atoms with E-state index in [0.717, 1.165) is 19.6 Å². The zero-order chi connectivity index (χ0) is 17.2. The number of anilines is 1. The van der Waals surface area contributed by atoms with E-state index in [9.17, 15) is 14.9 Å². The van der Waals surface area contributed by atoms with Crippen molar-refractivity contribution in [2.24, 2.45) is 0 Å². The Morgan fingerprint density at radius 2 is 2.09 bits per heavy atom. The fourth-order valence-corrected chi connectivity index (χ4v) is 2.07. The summed E-state index contributed by atoms with van der Waals surface area (Å²) in [5.41, 5.74) is 1.02. The fourth-order valence-electron chi connectivity index (χ4n) is 2.07. The van der Waals surface area contributed by atoms with Gasteiger partial charge in [0.25, 0.3) is 5.69 Å². The minimum atomic E-state index is -0.505. The van der Waals surface area contributed by atoms with E-state index >= 15 is 0 Å². The van der Waals surface area contributed by atoms with E-state index in [4.69, 9.17) is 0 Å². The van der Waals surface area contributed by atoms with Crippen molar-refractivity contribution in [3.8, 4) is 0 Å². The summed E-state index contributed by atoms with van der Waals surface area (Å²) in [6.07, 6.45) is 2.71. The van der Waals surface area contributed by atoms with Gasteiger partial charge in [0.1, 0.15) is 5.69 Å². The van der Waals surface area contributed by atoms with Gasteiger partial charge in [-0.25, -0.2) is 4.79 Å². The number of hydrogen-bond acceptors (Lipinski definition) is 6. The first-order chi connectivity index (χ1) is 11.0. The van der Waals surface area contributed by atoms with Gasteiger partial charge >= 0.3 is 5.97 Å². The normalized spacial score (nSPS) is 11.0. The lowest BCUT2D eigenvalue weighted by molar-refractivity contribution is -0.384. The van der Waals surface area contributed by atoms with Gasteiger partial charge in [-0.15, -0.1) is 0 Å². The van der Waals surface area contributed by atoms with E-state index in [-0.39, 0.29) is 5.69 Å². The number of likely N-dealkylation sites (N-methyl/N-ethyl adjacent to an activating group) is 1. The molecule has 0 aliphatic carbocycles. The number of ether oxygens (including phenoxy) is 1. The Balaban J connectivity index is 2.82. The highest BCUT2D eigenvalue weighted by atomic mass is 16.6. The fraction of sp³-hybridized carbons (Fsp3) is 0.438. The molecule has 0 aliphatic heterocycles. The molecule has 1 N–H and O–H groups in total. The van der Waals surface area contributed by atoms with Gasteiger partial charge in [-0.3, -0.25) is 10.1 Å². The van der Waals surface area contributed by atoms with Crippen LogP contribution < -0.4 is 5.32 Å². The summed E-state index contributed by atoms with van der Waals surface area (Å²) in [7, 11) is 1.28. The lowest BCUT2D eigenvalue weighted by atomic mass is 10.1.